The molecular formula is C46H33N9. The third kappa shape index (κ3) is 4.66. The minimum absolute atomic E-state index is 0.516. The molecule has 0 spiro atoms. The molecule has 3 aliphatic rings. The zero-order chi connectivity index (χ0) is 36.6. The number of anilines is 2. The molecule has 2 aromatic heterocycles. The van der Waals surface area contributed by atoms with Crippen LogP contribution in [0.5, 0.6) is 0 Å². The van der Waals surface area contributed by atoms with E-state index in [4.69, 9.17) is 20.0 Å². The van der Waals surface area contributed by atoms with Gasteiger partial charge in [-0.1, -0.05) is 78.9 Å². The number of nitrogens with one attached hydrogen (secondary N) is 2. The van der Waals surface area contributed by atoms with E-state index < -0.39 is 0 Å². The van der Waals surface area contributed by atoms with Crippen molar-refractivity contribution in [2.45, 2.75) is 0 Å². The highest BCUT2D eigenvalue weighted by Crippen LogP contribution is 2.36. The molecule has 11 rings (SSSR count). The summed E-state index contributed by atoms with van der Waals surface area (Å²) in [6, 6.07) is 47.0. The predicted octanol–water partition coefficient (Wildman–Crippen LogP) is 9.65. The standard InChI is InChI=1S/C46H33N9/c1-47-36-26-28(53-38-16-7-3-12-30(38)31-13-4-8-17-39(31)53)22-24-34(36)44-49-42-20-11-21-43-50-45(52-46(51-44)55(42)43)35-25-23-29(27-37(35)48-2)54-40-18-9-5-14-32(40)33-15-6-10-19-41(33)54/h3-27,47-48H,1-2H3. The lowest BCUT2D eigenvalue weighted by atomic mass is 10.1. The third-order valence-corrected chi connectivity index (χ3v) is 10.7. The number of fused-ring (bicyclic) bond motifs is 6. The number of para-hydroxylation sites is 4. The maximum absolute atomic E-state index is 5.09. The lowest BCUT2D eigenvalue weighted by Gasteiger charge is -2.31. The molecule has 3 aliphatic heterocycles. The van der Waals surface area contributed by atoms with Gasteiger partial charge >= 0.3 is 0 Å². The molecule has 262 valence electrons. The molecule has 5 heterocycles. The third-order valence-electron chi connectivity index (χ3n) is 10.7. The van der Waals surface area contributed by atoms with Gasteiger partial charge in [-0.2, -0.15) is 9.98 Å². The van der Waals surface area contributed by atoms with Crippen LogP contribution in [-0.2, 0) is 0 Å². The van der Waals surface area contributed by atoms with Gasteiger partial charge < -0.3 is 19.8 Å². The maximum Gasteiger partial charge on any atom is 0.241 e. The van der Waals surface area contributed by atoms with Crippen LogP contribution in [0.15, 0.2) is 177 Å². The molecule has 9 nitrogen and oxygen atoms in total. The van der Waals surface area contributed by atoms with Gasteiger partial charge in [0.05, 0.1) is 22.1 Å². The van der Waals surface area contributed by atoms with Gasteiger partial charge in [-0.3, -0.25) is 0 Å². The molecule has 0 saturated carbocycles. The van der Waals surface area contributed by atoms with E-state index in [1.54, 1.807) is 0 Å². The number of amidine groups is 3. The highest BCUT2D eigenvalue weighted by atomic mass is 15.4. The van der Waals surface area contributed by atoms with Crippen molar-refractivity contribution in [3.8, 4) is 11.4 Å². The first kappa shape index (κ1) is 31.0. The average molecular weight is 712 g/mol. The Bertz CT molecular complexity index is 2860. The monoisotopic (exact) mass is 711 g/mol. The van der Waals surface area contributed by atoms with Crippen molar-refractivity contribution < 1.29 is 0 Å². The van der Waals surface area contributed by atoms with Gasteiger partial charge in [0.15, 0.2) is 11.7 Å². The minimum atomic E-state index is 0.516. The van der Waals surface area contributed by atoms with Gasteiger partial charge in [-0.15, -0.1) is 0 Å². The summed E-state index contributed by atoms with van der Waals surface area (Å²) in [7, 11) is 3.87. The van der Waals surface area contributed by atoms with E-state index >= 15 is 0 Å². The Hall–Kier alpha value is -7.52. The van der Waals surface area contributed by atoms with Crippen LogP contribution in [0.1, 0.15) is 11.1 Å². The Morgan fingerprint density at radius 3 is 1.40 bits per heavy atom. The SMILES string of the molecule is CNc1cc(-n2c3ccccc3c3ccccc32)ccc1C1=NC2=CC=CC3=NC(c4ccc(-n5c6ccccc6c6ccccc65)cc4NC)=NC(=N1)N23. The molecule has 0 amide bonds. The first-order valence-electron chi connectivity index (χ1n) is 18.3. The van der Waals surface area contributed by atoms with Gasteiger partial charge in [0.1, 0.15) is 11.7 Å². The first-order valence-corrected chi connectivity index (χ1v) is 18.3. The number of rotatable bonds is 6. The minimum Gasteiger partial charge on any atom is -0.387 e. The molecule has 8 aromatic rings. The number of allylic oxidation sites excluding steroid dienone is 2. The zero-order valence-electron chi connectivity index (χ0n) is 30.1. The summed E-state index contributed by atoms with van der Waals surface area (Å²) < 4.78 is 4.62. The van der Waals surface area contributed by atoms with Gasteiger partial charge in [-0.05, 0) is 72.8 Å². The maximum atomic E-state index is 5.09. The lowest BCUT2D eigenvalue weighted by Crippen LogP contribution is -2.41. The molecule has 2 N–H and O–H groups in total. The normalized spacial score (nSPS) is 14.8. The van der Waals surface area contributed by atoms with Crippen LogP contribution in [0, 0.1) is 0 Å². The fourth-order valence-corrected chi connectivity index (χ4v) is 8.24. The van der Waals surface area contributed by atoms with Crippen LogP contribution in [0.3, 0.4) is 0 Å². The fraction of sp³-hybridized carbons (Fsp3) is 0.0435. The molecule has 0 unspecified atom stereocenters. The van der Waals surface area contributed by atoms with Crippen LogP contribution >= 0.6 is 0 Å². The van der Waals surface area contributed by atoms with E-state index in [1.165, 1.54) is 21.5 Å². The number of aromatic nitrogens is 2. The van der Waals surface area contributed by atoms with Crippen molar-refractivity contribution >= 4 is 78.5 Å². The summed E-state index contributed by atoms with van der Waals surface area (Å²) in [4.78, 5) is 22.2. The predicted molar refractivity (Wildman–Crippen MR) is 228 cm³/mol. The summed E-state index contributed by atoms with van der Waals surface area (Å²) in [6.45, 7) is 0. The Balaban J connectivity index is 1.01. The number of hydrogen-bond donors (Lipinski definition) is 2. The van der Waals surface area contributed by atoms with E-state index in [9.17, 15) is 0 Å². The van der Waals surface area contributed by atoms with Crippen LogP contribution in [0.2, 0.25) is 0 Å². The van der Waals surface area contributed by atoms with Crippen LogP contribution < -0.4 is 10.6 Å². The highest BCUT2D eigenvalue weighted by Gasteiger charge is 2.32. The van der Waals surface area contributed by atoms with Crippen LogP contribution in [0.4, 0.5) is 11.4 Å². The zero-order valence-corrected chi connectivity index (χ0v) is 30.1. The quantitative estimate of drug-likeness (QED) is 0.180. The Labute approximate surface area is 316 Å². The summed E-state index contributed by atoms with van der Waals surface area (Å²) in [5.74, 6) is 3.10. The van der Waals surface area contributed by atoms with Gasteiger partial charge in [0.2, 0.25) is 5.96 Å². The van der Waals surface area contributed by atoms with E-state index in [0.29, 0.717) is 29.3 Å². The van der Waals surface area contributed by atoms with Crippen molar-refractivity contribution in [3.05, 3.63) is 169 Å². The Kier molecular flexibility index (Phi) is 6.78. The second-order valence-electron chi connectivity index (χ2n) is 13.7. The van der Waals surface area contributed by atoms with Crippen molar-refractivity contribution in [1.82, 2.24) is 14.0 Å². The fourth-order valence-electron chi connectivity index (χ4n) is 8.24. The molecule has 0 bridgehead atoms. The molecule has 6 aromatic carbocycles. The number of aliphatic imine (C=N–C) groups is 4. The summed E-state index contributed by atoms with van der Waals surface area (Å²) >= 11 is 0. The average Bonchev–Trinajstić information content (AvgIpc) is 3.76. The van der Waals surface area contributed by atoms with E-state index in [2.05, 4.69) is 153 Å². The number of guanidine groups is 1. The second kappa shape index (κ2) is 12.0. The van der Waals surface area contributed by atoms with Gasteiger partial charge in [0.25, 0.3) is 0 Å². The summed E-state index contributed by atoms with van der Waals surface area (Å²) in [5.41, 5.74) is 10.3. The first-order chi connectivity index (χ1) is 27.2. The number of benzene rings is 6. The Morgan fingerprint density at radius 2 is 0.927 bits per heavy atom. The van der Waals surface area contributed by atoms with E-state index in [0.717, 1.165) is 55.9 Å². The molecule has 0 aliphatic carbocycles. The topological polar surface area (TPSA) is 86.6 Å². The van der Waals surface area contributed by atoms with Gasteiger partial charge in [0, 0.05) is 69.5 Å². The number of nitrogens with zero attached hydrogens (tertiary/aromatic N) is 7. The van der Waals surface area contributed by atoms with Crippen molar-refractivity contribution in [1.29, 1.82) is 0 Å². The van der Waals surface area contributed by atoms with E-state index in [1.807, 2.05) is 37.2 Å². The van der Waals surface area contributed by atoms with Crippen LogP contribution in [0.25, 0.3) is 55.0 Å². The van der Waals surface area contributed by atoms with Gasteiger partial charge in [-0.25, -0.2) is 14.9 Å². The summed E-state index contributed by atoms with van der Waals surface area (Å²) in [6.07, 6.45) is 5.92. The molecule has 0 saturated heterocycles. The largest absolute Gasteiger partial charge is 0.387 e. The second-order valence-corrected chi connectivity index (χ2v) is 13.7. The highest BCUT2D eigenvalue weighted by molar-refractivity contribution is 6.26. The molecule has 0 radical (unpaired) electrons. The molecule has 0 atom stereocenters. The summed E-state index contributed by atoms with van der Waals surface area (Å²) in [5, 5.41) is 11.7. The molecule has 0 fully saturated rings. The Morgan fingerprint density at radius 1 is 0.473 bits per heavy atom. The molecule has 55 heavy (non-hydrogen) atoms. The molecular weight excluding hydrogens is 679 g/mol. The van der Waals surface area contributed by atoms with E-state index in [-0.39, 0.29) is 0 Å². The van der Waals surface area contributed by atoms with Crippen molar-refractivity contribution in [3.63, 3.8) is 0 Å². The smallest absolute Gasteiger partial charge is 0.241 e. The van der Waals surface area contributed by atoms with Crippen molar-refractivity contribution in [2.75, 3.05) is 24.7 Å². The lowest BCUT2D eigenvalue weighted by molar-refractivity contribution is 0.711. The van der Waals surface area contributed by atoms with Crippen LogP contribution in [-0.4, -0.2) is 51.6 Å². The number of hydrogen-bond acceptors (Lipinski definition) is 7. The van der Waals surface area contributed by atoms with Crippen molar-refractivity contribution in [2.24, 2.45) is 20.0 Å². The molecule has 9 heteroatoms.